The molecule has 1 heterocycles. The van der Waals surface area contributed by atoms with Gasteiger partial charge in [0.1, 0.15) is 0 Å². The minimum Gasteiger partial charge on any atom is -0.345 e. The fourth-order valence-electron chi connectivity index (χ4n) is 0.294. The maximum atomic E-state index is 10.0. The van der Waals surface area contributed by atoms with Crippen molar-refractivity contribution in [3.05, 3.63) is 12.3 Å². The van der Waals surface area contributed by atoms with Crippen LogP contribution >= 0.6 is 0 Å². The first-order chi connectivity index (χ1) is 3.80. The van der Waals surface area contributed by atoms with E-state index in [1.807, 2.05) is 0 Å². The van der Waals surface area contributed by atoms with E-state index in [2.05, 4.69) is 9.68 Å². The third-order valence-electron chi connectivity index (χ3n) is 0.586. The van der Waals surface area contributed by atoms with Crippen LogP contribution in [-0.4, -0.2) is 13.9 Å². The zero-order valence-corrected chi connectivity index (χ0v) is 4.59. The summed E-state index contributed by atoms with van der Waals surface area (Å²) in [6.45, 7) is 0. The van der Waals surface area contributed by atoms with Gasteiger partial charge in [-0.2, -0.15) is 0 Å². The molecule has 0 amide bonds. The van der Waals surface area contributed by atoms with Gasteiger partial charge in [-0.1, -0.05) is 5.16 Å². The van der Waals surface area contributed by atoms with E-state index < -0.39 is 11.1 Å². The molecule has 0 saturated carbocycles. The smallest absolute Gasteiger partial charge is 0.250 e. The van der Waals surface area contributed by atoms with Crippen molar-refractivity contribution < 1.29 is 13.3 Å². The first-order valence-corrected chi connectivity index (χ1v) is 2.93. The summed E-state index contributed by atoms with van der Waals surface area (Å²) in [6.07, 6.45) is 1.31. The van der Waals surface area contributed by atoms with Crippen LogP contribution in [-0.2, 0) is 11.1 Å². The molecule has 0 radical (unpaired) electrons. The monoisotopic (exact) mass is 133 g/mol. The lowest BCUT2D eigenvalue weighted by Crippen LogP contribution is -1.81. The molecule has 1 atom stereocenters. The molecule has 8 heavy (non-hydrogen) atoms. The lowest BCUT2D eigenvalue weighted by Gasteiger charge is -1.77. The van der Waals surface area contributed by atoms with Gasteiger partial charge in [0.05, 0.1) is 6.20 Å². The minimum atomic E-state index is -2.03. The van der Waals surface area contributed by atoms with E-state index >= 15 is 0 Å². The molecule has 0 saturated heterocycles. The van der Waals surface area contributed by atoms with Crippen molar-refractivity contribution in [2.24, 2.45) is 0 Å². The lowest BCUT2D eigenvalue weighted by molar-refractivity contribution is 0.336. The summed E-state index contributed by atoms with van der Waals surface area (Å²) in [6, 6.07) is 1.33. The predicted octanol–water partition coefficient (Wildman–Crippen LogP) is 0.255. The molecule has 0 spiro atoms. The average molecular weight is 133 g/mol. The predicted molar refractivity (Wildman–Crippen MR) is 25.5 cm³/mol. The Morgan fingerprint density at radius 3 is 2.88 bits per heavy atom. The van der Waals surface area contributed by atoms with Crippen LogP contribution in [0, 0.1) is 0 Å². The molecular formula is C3H3NO3S. The molecule has 1 N–H and O–H groups in total. The van der Waals surface area contributed by atoms with Crippen molar-refractivity contribution >= 4 is 11.1 Å². The SMILES string of the molecule is O=S(O)c1ccno1. The highest BCUT2D eigenvalue weighted by atomic mass is 32.2. The van der Waals surface area contributed by atoms with Crippen LogP contribution in [0.25, 0.3) is 0 Å². The second-order valence-corrected chi connectivity index (χ2v) is 1.98. The summed E-state index contributed by atoms with van der Waals surface area (Å²) in [5.74, 6) is 0. The van der Waals surface area contributed by atoms with Crippen LogP contribution in [0.5, 0.6) is 0 Å². The summed E-state index contributed by atoms with van der Waals surface area (Å²) >= 11 is -2.03. The van der Waals surface area contributed by atoms with Gasteiger partial charge in [-0.05, 0) is 0 Å². The standard InChI is InChI=1S/C3H3NO3S/c5-8(6)3-1-2-4-7-3/h1-2H,(H,5,6). The van der Waals surface area contributed by atoms with Crippen molar-refractivity contribution in [2.45, 2.75) is 5.09 Å². The fraction of sp³-hybridized carbons (Fsp3) is 0. The Bertz CT molecular complexity index is 182. The molecule has 5 heteroatoms. The highest BCUT2D eigenvalue weighted by Gasteiger charge is 2.00. The zero-order valence-electron chi connectivity index (χ0n) is 3.77. The molecule has 0 fully saturated rings. The van der Waals surface area contributed by atoms with E-state index in [4.69, 9.17) is 4.55 Å². The molecular weight excluding hydrogens is 130 g/mol. The maximum absolute atomic E-state index is 10.0. The van der Waals surface area contributed by atoms with E-state index in [1.165, 1.54) is 12.3 Å². The van der Waals surface area contributed by atoms with Gasteiger partial charge in [-0.25, -0.2) is 4.21 Å². The Kier molecular flexibility index (Phi) is 1.40. The summed E-state index contributed by atoms with van der Waals surface area (Å²) < 4.78 is 22.6. The maximum Gasteiger partial charge on any atom is 0.250 e. The number of nitrogens with zero attached hydrogens (tertiary/aromatic N) is 1. The normalized spacial score (nSPS) is 13.6. The summed E-state index contributed by atoms with van der Waals surface area (Å²) in [5, 5.41) is 3.19. The van der Waals surface area contributed by atoms with Gasteiger partial charge in [0.2, 0.25) is 16.2 Å². The third kappa shape index (κ3) is 0.932. The Hall–Kier alpha value is -0.680. The average Bonchev–Trinajstić information content (AvgIpc) is 2.12. The van der Waals surface area contributed by atoms with Gasteiger partial charge in [0, 0.05) is 6.07 Å². The number of rotatable bonds is 1. The van der Waals surface area contributed by atoms with Crippen LogP contribution in [0.3, 0.4) is 0 Å². The van der Waals surface area contributed by atoms with Crippen molar-refractivity contribution in [2.75, 3.05) is 0 Å². The molecule has 1 rings (SSSR count). The molecule has 0 bridgehead atoms. The molecule has 1 aromatic heterocycles. The van der Waals surface area contributed by atoms with Crippen LogP contribution in [0.2, 0.25) is 0 Å². The molecule has 0 aromatic carbocycles. The topological polar surface area (TPSA) is 63.3 Å². The van der Waals surface area contributed by atoms with E-state index in [-0.39, 0.29) is 5.09 Å². The van der Waals surface area contributed by atoms with E-state index in [9.17, 15) is 4.21 Å². The van der Waals surface area contributed by atoms with Gasteiger partial charge in [0.25, 0.3) is 0 Å². The minimum absolute atomic E-state index is 0.0231. The van der Waals surface area contributed by atoms with Gasteiger partial charge >= 0.3 is 0 Å². The Balaban J connectivity index is 2.93. The molecule has 0 aliphatic carbocycles. The van der Waals surface area contributed by atoms with Crippen molar-refractivity contribution in [1.82, 2.24) is 5.16 Å². The van der Waals surface area contributed by atoms with E-state index in [1.54, 1.807) is 0 Å². The quantitative estimate of drug-likeness (QED) is 0.558. The first-order valence-electron chi connectivity index (χ1n) is 1.82. The Labute approximate surface area is 47.8 Å². The molecule has 1 aromatic rings. The number of hydrogen-bond donors (Lipinski definition) is 1. The largest absolute Gasteiger partial charge is 0.345 e. The lowest BCUT2D eigenvalue weighted by atomic mass is 10.8. The van der Waals surface area contributed by atoms with Gasteiger partial charge in [-0.3, -0.25) is 4.55 Å². The Morgan fingerprint density at radius 2 is 2.62 bits per heavy atom. The van der Waals surface area contributed by atoms with Gasteiger partial charge in [0.15, 0.2) is 0 Å². The van der Waals surface area contributed by atoms with E-state index in [0.29, 0.717) is 0 Å². The third-order valence-corrected chi connectivity index (χ3v) is 1.14. The highest BCUT2D eigenvalue weighted by Crippen LogP contribution is 1.99. The molecule has 0 aliphatic rings. The number of hydrogen-bond acceptors (Lipinski definition) is 3. The molecule has 1 unspecified atom stereocenters. The summed E-state index contributed by atoms with van der Waals surface area (Å²) in [7, 11) is 0. The van der Waals surface area contributed by atoms with Crippen molar-refractivity contribution in [3.63, 3.8) is 0 Å². The van der Waals surface area contributed by atoms with Crippen molar-refractivity contribution in [3.8, 4) is 0 Å². The Morgan fingerprint density at radius 1 is 1.88 bits per heavy atom. The molecule has 4 nitrogen and oxygen atoms in total. The van der Waals surface area contributed by atoms with Crippen LogP contribution in [0.4, 0.5) is 0 Å². The summed E-state index contributed by atoms with van der Waals surface area (Å²) in [5.41, 5.74) is 0. The van der Waals surface area contributed by atoms with Crippen LogP contribution in [0.1, 0.15) is 0 Å². The first kappa shape index (κ1) is 5.46. The highest BCUT2D eigenvalue weighted by molar-refractivity contribution is 7.79. The van der Waals surface area contributed by atoms with Crippen LogP contribution < -0.4 is 0 Å². The van der Waals surface area contributed by atoms with Gasteiger partial charge < -0.3 is 4.52 Å². The van der Waals surface area contributed by atoms with Gasteiger partial charge in [-0.15, -0.1) is 0 Å². The zero-order chi connectivity index (χ0) is 5.98. The fourth-order valence-corrected chi connectivity index (χ4v) is 0.578. The second kappa shape index (κ2) is 2.06. The van der Waals surface area contributed by atoms with Crippen molar-refractivity contribution in [1.29, 1.82) is 0 Å². The van der Waals surface area contributed by atoms with Crippen LogP contribution in [0.15, 0.2) is 21.9 Å². The molecule has 44 valence electrons. The van der Waals surface area contributed by atoms with E-state index in [0.717, 1.165) is 0 Å². The molecule has 0 aliphatic heterocycles. The second-order valence-electron chi connectivity index (χ2n) is 1.08. The summed E-state index contributed by atoms with van der Waals surface area (Å²) in [4.78, 5) is 0. The number of aromatic nitrogens is 1.